The van der Waals surface area contributed by atoms with Crippen molar-refractivity contribution in [1.29, 1.82) is 0 Å². The number of carbonyl (C=O) groups excluding carboxylic acids is 1. The van der Waals surface area contributed by atoms with E-state index in [1.807, 2.05) is 31.2 Å². The highest BCUT2D eigenvalue weighted by atomic mass is 32.1. The first-order valence-corrected chi connectivity index (χ1v) is 6.92. The van der Waals surface area contributed by atoms with E-state index in [4.69, 9.17) is 0 Å². The molecule has 112 valence electrons. The van der Waals surface area contributed by atoms with Gasteiger partial charge in [-0.25, -0.2) is 0 Å². The minimum absolute atomic E-state index is 0.142. The van der Waals surface area contributed by atoms with Crippen molar-refractivity contribution in [2.75, 3.05) is 5.32 Å². The molecule has 21 heavy (non-hydrogen) atoms. The van der Waals surface area contributed by atoms with Crippen molar-refractivity contribution in [1.82, 2.24) is 10.2 Å². The first-order chi connectivity index (χ1) is 9.84. The summed E-state index contributed by atoms with van der Waals surface area (Å²) in [6.45, 7) is 1.96. The molecule has 4 nitrogen and oxygen atoms in total. The summed E-state index contributed by atoms with van der Waals surface area (Å²) in [5.41, 5.74) is 2.11. The van der Waals surface area contributed by atoms with Crippen LogP contribution in [0.4, 0.5) is 18.3 Å². The van der Waals surface area contributed by atoms with E-state index in [2.05, 4.69) is 15.5 Å². The van der Waals surface area contributed by atoms with Gasteiger partial charge in [0.2, 0.25) is 16.0 Å². The first kappa shape index (κ1) is 15.4. The second-order valence-electron chi connectivity index (χ2n) is 4.44. The molecular formula is C13H12F3N3OS. The fourth-order valence-corrected chi connectivity index (χ4v) is 2.21. The molecule has 0 saturated carbocycles. The van der Waals surface area contributed by atoms with Crippen LogP contribution in [0.15, 0.2) is 24.3 Å². The molecule has 0 unspecified atom stereocenters. The molecule has 8 heteroatoms. The molecule has 1 amide bonds. The molecule has 2 aromatic rings. The second-order valence-corrected chi connectivity index (χ2v) is 5.42. The van der Waals surface area contributed by atoms with Gasteiger partial charge in [-0.05, 0) is 18.9 Å². The lowest BCUT2D eigenvalue weighted by Gasteiger charge is -2.02. The summed E-state index contributed by atoms with van der Waals surface area (Å²) in [6.07, 6.45) is -3.86. The van der Waals surface area contributed by atoms with Gasteiger partial charge in [-0.3, -0.25) is 4.79 Å². The Morgan fingerprint density at radius 1 is 1.24 bits per heavy atom. The molecule has 2 rings (SSSR count). The molecule has 1 aromatic carbocycles. The van der Waals surface area contributed by atoms with Gasteiger partial charge in [0.1, 0.15) is 0 Å². The Morgan fingerprint density at radius 2 is 1.90 bits per heavy atom. The highest BCUT2D eigenvalue weighted by molar-refractivity contribution is 7.15. The van der Waals surface area contributed by atoms with Gasteiger partial charge in [0.05, 0.1) is 0 Å². The number of anilines is 1. The van der Waals surface area contributed by atoms with Crippen LogP contribution >= 0.6 is 11.3 Å². The molecule has 0 aliphatic heterocycles. The number of hydrogen-bond donors (Lipinski definition) is 1. The molecule has 1 N–H and O–H groups in total. The van der Waals surface area contributed by atoms with E-state index in [9.17, 15) is 18.0 Å². The fourth-order valence-electron chi connectivity index (χ4n) is 1.58. The maximum absolute atomic E-state index is 12.3. The van der Waals surface area contributed by atoms with Crippen LogP contribution < -0.4 is 5.32 Å². The maximum Gasteiger partial charge on any atom is 0.445 e. The quantitative estimate of drug-likeness (QED) is 0.940. The largest absolute Gasteiger partial charge is 0.445 e. The van der Waals surface area contributed by atoms with Gasteiger partial charge < -0.3 is 5.32 Å². The van der Waals surface area contributed by atoms with Crippen LogP contribution in [0, 0.1) is 6.92 Å². The van der Waals surface area contributed by atoms with E-state index in [1.54, 1.807) is 0 Å². The average Bonchev–Trinajstić information content (AvgIpc) is 2.86. The number of alkyl halides is 3. The van der Waals surface area contributed by atoms with Gasteiger partial charge in [-0.2, -0.15) is 13.2 Å². The SMILES string of the molecule is Cc1ccc(CCC(=O)Nc2nnc(C(F)(F)F)s2)cc1. The fraction of sp³-hybridized carbons (Fsp3) is 0.308. The predicted molar refractivity (Wildman–Crippen MR) is 73.0 cm³/mol. The van der Waals surface area contributed by atoms with E-state index < -0.39 is 11.2 Å². The minimum atomic E-state index is -4.54. The Balaban J connectivity index is 1.87. The Labute approximate surface area is 123 Å². The van der Waals surface area contributed by atoms with Crippen molar-refractivity contribution in [2.45, 2.75) is 25.9 Å². The highest BCUT2D eigenvalue weighted by Crippen LogP contribution is 2.32. The third kappa shape index (κ3) is 4.52. The van der Waals surface area contributed by atoms with E-state index in [0.717, 1.165) is 11.1 Å². The molecule has 0 radical (unpaired) electrons. The van der Waals surface area contributed by atoms with E-state index >= 15 is 0 Å². The van der Waals surface area contributed by atoms with Crippen molar-refractivity contribution in [3.63, 3.8) is 0 Å². The summed E-state index contributed by atoms with van der Waals surface area (Å²) in [7, 11) is 0. The van der Waals surface area contributed by atoms with Gasteiger partial charge in [0, 0.05) is 6.42 Å². The van der Waals surface area contributed by atoms with Crippen molar-refractivity contribution < 1.29 is 18.0 Å². The molecule has 0 saturated heterocycles. The maximum atomic E-state index is 12.3. The monoisotopic (exact) mass is 315 g/mol. The molecular weight excluding hydrogens is 303 g/mol. The number of hydrogen-bond acceptors (Lipinski definition) is 4. The van der Waals surface area contributed by atoms with E-state index in [-0.39, 0.29) is 17.5 Å². The van der Waals surface area contributed by atoms with Gasteiger partial charge in [0.25, 0.3) is 0 Å². The lowest BCUT2D eigenvalue weighted by atomic mass is 10.1. The smallest absolute Gasteiger partial charge is 0.301 e. The number of rotatable bonds is 4. The number of halogens is 3. The highest BCUT2D eigenvalue weighted by Gasteiger charge is 2.35. The number of carbonyl (C=O) groups is 1. The molecule has 0 aliphatic carbocycles. The van der Waals surface area contributed by atoms with Crippen molar-refractivity contribution >= 4 is 22.4 Å². The minimum Gasteiger partial charge on any atom is -0.301 e. The summed E-state index contributed by atoms with van der Waals surface area (Å²) in [4.78, 5) is 11.7. The Morgan fingerprint density at radius 3 is 2.48 bits per heavy atom. The number of aryl methyl sites for hydroxylation is 2. The summed E-state index contributed by atoms with van der Waals surface area (Å²) in [5, 5.41) is 7.41. The Hall–Kier alpha value is -1.96. The summed E-state index contributed by atoms with van der Waals surface area (Å²) < 4.78 is 37.0. The van der Waals surface area contributed by atoms with Gasteiger partial charge in [-0.15, -0.1) is 10.2 Å². The van der Waals surface area contributed by atoms with Crippen molar-refractivity contribution in [3.05, 3.63) is 40.4 Å². The van der Waals surface area contributed by atoms with Crippen LogP contribution in [0.2, 0.25) is 0 Å². The van der Waals surface area contributed by atoms with Crippen LogP contribution in [0.5, 0.6) is 0 Å². The van der Waals surface area contributed by atoms with Crippen LogP contribution in [0.1, 0.15) is 22.6 Å². The first-order valence-electron chi connectivity index (χ1n) is 6.11. The van der Waals surface area contributed by atoms with Crippen LogP contribution in [0.25, 0.3) is 0 Å². The van der Waals surface area contributed by atoms with Gasteiger partial charge in [-0.1, -0.05) is 41.2 Å². The zero-order valence-electron chi connectivity index (χ0n) is 11.1. The van der Waals surface area contributed by atoms with Crippen LogP contribution in [-0.2, 0) is 17.4 Å². The second kappa shape index (κ2) is 6.21. The zero-order valence-corrected chi connectivity index (χ0v) is 11.9. The van der Waals surface area contributed by atoms with Crippen LogP contribution in [0.3, 0.4) is 0 Å². The number of aromatic nitrogens is 2. The zero-order chi connectivity index (χ0) is 15.5. The number of nitrogens with zero attached hydrogens (tertiary/aromatic N) is 2. The molecule has 0 bridgehead atoms. The molecule has 0 aliphatic rings. The third-order valence-electron chi connectivity index (χ3n) is 2.68. The topological polar surface area (TPSA) is 54.9 Å². The molecule has 0 spiro atoms. The molecule has 0 fully saturated rings. The number of benzene rings is 1. The summed E-state index contributed by atoms with van der Waals surface area (Å²) >= 11 is 0.313. The number of nitrogens with one attached hydrogen (secondary N) is 1. The Bertz CT molecular complexity index is 622. The van der Waals surface area contributed by atoms with E-state index in [0.29, 0.717) is 17.8 Å². The van der Waals surface area contributed by atoms with Gasteiger partial charge in [0.15, 0.2) is 0 Å². The standard InChI is InChI=1S/C13H12F3N3OS/c1-8-2-4-9(5-3-8)6-7-10(20)17-12-19-18-11(21-12)13(14,15)16/h2-5H,6-7H2,1H3,(H,17,19,20). The van der Waals surface area contributed by atoms with Crippen molar-refractivity contribution in [2.24, 2.45) is 0 Å². The summed E-state index contributed by atoms with van der Waals surface area (Å²) in [5.74, 6) is -0.388. The molecule has 1 heterocycles. The Kier molecular flexibility index (Phi) is 4.56. The lowest BCUT2D eigenvalue weighted by Crippen LogP contribution is -2.12. The molecule has 1 aromatic heterocycles. The average molecular weight is 315 g/mol. The number of amides is 1. The normalized spacial score (nSPS) is 11.4. The lowest BCUT2D eigenvalue weighted by molar-refractivity contribution is -0.138. The van der Waals surface area contributed by atoms with Crippen LogP contribution in [-0.4, -0.2) is 16.1 Å². The summed E-state index contributed by atoms with van der Waals surface area (Å²) in [6, 6.07) is 7.70. The van der Waals surface area contributed by atoms with E-state index in [1.165, 1.54) is 0 Å². The van der Waals surface area contributed by atoms with Crippen molar-refractivity contribution in [3.8, 4) is 0 Å². The third-order valence-corrected chi connectivity index (χ3v) is 3.56. The van der Waals surface area contributed by atoms with Gasteiger partial charge >= 0.3 is 6.18 Å². The predicted octanol–water partition coefficient (Wildman–Crippen LogP) is 3.44. The molecule has 0 atom stereocenters.